The molecule has 4 rings (SSSR count). The van der Waals surface area contributed by atoms with Crippen molar-refractivity contribution >= 4 is 28.7 Å². The maximum Gasteiger partial charge on any atom is 0.279 e. The molecule has 0 saturated heterocycles. The second-order valence-corrected chi connectivity index (χ2v) is 7.48. The van der Waals surface area contributed by atoms with E-state index in [2.05, 4.69) is 39.4 Å². The minimum Gasteiger partial charge on any atom is -0.505 e. The lowest BCUT2D eigenvalue weighted by atomic mass is 10.1. The van der Waals surface area contributed by atoms with Gasteiger partial charge in [0.2, 0.25) is 0 Å². The number of hydrogen-bond acceptors (Lipinski definition) is 6. The fraction of sp³-hybridized carbons (Fsp3) is 0.174. The van der Waals surface area contributed by atoms with Gasteiger partial charge >= 0.3 is 0 Å². The molecule has 0 unspecified atom stereocenters. The Labute approximate surface area is 184 Å². The van der Waals surface area contributed by atoms with E-state index >= 15 is 0 Å². The Morgan fingerprint density at radius 3 is 2.66 bits per heavy atom. The largest absolute Gasteiger partial charge is 0.505 e. The predicted molar refractivity (Wildman–Crippen MR) is 119 cm³/mol. The summed E-state index contributed by atoms with van der Waals surface area (Å²) in [4.78, 5) is 37.5. The Morgan fingerprint density at radius 2 is 1.88 bits per heavy atom. The average molecular weight is 430 g/mol. The lowest BCUT2D eigenvalue weighted by Gasteiger charge is -2.10. The van der Waals surface area contributed by atoms with E-state index in [1.165, 1.54) is 24.5 Å². The van der Waals surface area contributed by atoms with Gasteiger partial charge in [-0.2, -0.15) is 0 Å². The number of nitrogens with zero attached hydrogens (tertiary/aromatic N) is 4. The van der Waals surface area contributed by atoms with Gasteiger partial charge in [0.1, 0.15) is 17.1 Å². The zero-order valence-electron chi connectivity index (χ0n) is 17.6. The second-order valence-electron chi connectivity index (χ2n) is 7.48. The van der Waals surface area contributed by atoms with Gasteiger partial charge in [-0.3, -0.25) is 9.59 Å². The van der Waals surface area contributed by atoms with Crippen molar-refractivity contribution in [2.24, 2.45) is 0 Å². The van der Waals surface area contributed by atoms with E-state index in [0.29, 0.717) is 11.1 Å². The number of rotatable bonds is 6. The molecule has 9 nitrogen and oxygen atoms in total. The van der Waals surface area contributed by atoms with Crippen molar-refractivity contribution in [1.29, 1.82) is 0 Å². The SMILES string of the molecule is CC(C)n1cnc2c(C(=O)NCc3ccnc(NC(=O)c4ncccc4O)c3)cccc21. The van der Waals surface area contributed by atoms with Crippen LogP contribution < -0.4 is 10.6 Å². The zero-order valence-corrected chi connectivity index (χ0v) is 17.6. The van der Waals surface area contributed by atoms with Gasteiger partial charge in [0.05, 0.1) is 17.4 Å². The lowest BCUT2D eigenvalue weighted by molar-refractivity contribution is 0.0951. The molecule has 0 aliphatic heterocycles. The number of benzene rings is 1. The molecule has 3 heterocycles. The first-order chi connectivity index (χ1) is 15.4. The first-order valence-corrected chi connectivity index (χ1v) is 10.1. The number of nitrogens with one attached hydrogen (secondary N) is 2. The molecule has 3 aromatic heterocycles. The molecule has 2 amide bonds. The number of carbonyl (C=O) groups is 2. The summed E-state index contributed by atoms with van der Waals surface area (Å²) in [5.74, 6) is -0.762. The molecule has 9 heteroatoms. The van der Waals surface area contributed by atoms with Crippen LogP contribution in [0.2, 0.25) is 0 Å². The number of para-hydroxylation sites is 1. The molecule has 0 aliphatic rings. The van der Waals surface area contributed by atoms with Crippen molar-refractivity contribution in [1.82, 2.24) is 24.8 Å². The molecule has 4 aromatic rings. The maximum atomic E-state index is 12.8. The number of anilines is 1. The van der Waals surface area contributed by atoms with E-state index < -0.39 is 5.91 Å². The normalized spacial score (nSPS) is 11.0. The van der Waals surface area contributed by atoms with Crippen LogP contribution in [0, 0.1) is 0 Å². The molecular formula is C23H22N6O3. The molecule has 0 atom stereocenters. The van der Waals surface area contributed by atoms with E-state index in [0.717, 1.165) is 11.1 Å². The number of aromatic hydroxyl groups is 1. The molecule has 162 valence electrons. The number of aromatic nitrogens is 4. The van der Waals surface area contributed by atoms with Crippen LogP contribution in [0.1, 0.15) is 46.3 Å². The molecule has 0 saturated carbocycles. The molecule has 1 aromatic carbocycles. The van der Waals surface area contributed by atoms with E-state index in [1.807, 2.05) is 16.7 Å². The van der Waals surface area contributed by atoms with Crippen molar-refractivity contribution in [2.45, 2.75) is 26.4 Å². The third kappa shape index (κ3) is 4.27. The number of hydrogen-bond donors (Lipinski definition) is 3. The molecule has 0 spiro atoms. The number of imidazole rings is 1. The summed E-state index contributed by atoms with van der Waals surface area (Å²) in [5.41, 5.74) is 2.70. The fourth-order valence-corrected chi connectivity index (χ4v) is 3.33. The summed E-state index contributed by atoms with van der Waals surface area (Å²) in [7, 11) is 0. The predicted octanol–water partition coefficient (Wildman–Crippen LogP) is 3.30. The highest BCUT2D eigenvalue weighted by molar-refractivity contribution is 6.05. The summed E-state index contributed by atoms with van der Waals surface area (Å²) in [6.45, 7) is 4.35. The number of fused-ring (bicyclic) bond motifs is 1. The quantitative estimate of drug-likeness (QED) is 0.431. The third-order valence-corrected chi connectivity index (χ3v) is 4.93. The van der Waals surface area contributed by atoms with Crippen LogP contribution in [-0.2, 0) is 6.54 Å². The molecule has 0 radical (unpaired) electrons. The van der Waals surface area contributed by atoms with Gasteiger partial charge < -0.3 is 20.3 Å². The third-order valence-electron chi connectivity index (χ3n) is 4.93. The summed E-state index contributed by atoms with van der Waals surface area (Å²) in [5, 5.41) is 15.3. The van der Waals surface area contributed by atoms with Gasteiger partial charge in [-0.05, 0) is 55.8 Å². The van der Waals surface area contributed by atoms with Crippen LogP contribution in [0.15, 0.2) is 61.2 Å². The minimum absolute atomic E-state index is 0.0954. The van der Waals surface area contributed by atoms with Gasteiger partial charge in [-0.15, -0.1) is 0 Å². The fourth-order valence-electron chi connectivity index (χ4n) is 3.33. The van der Waals surface area contributed by atoms with Crippen LogP contribution in [0.3, 0.4) is 0 Å². The van der Waals surface area contributed by atoms with Gasteiger partial charge in [-0.1, -0.05) is 6.07 Å². The Bertz CT molecular complexity index is 1300. The lowest BCUT2D eigenvalue weighted by Crippen LogP contribution is -2.23. The first kappa shape index (κ1) is 21.0. The summed E-state index contributed by atoms with van der Waals surface area (Å²) in [6, 6.07) is 12.0. The molecule has 3 N–H and O–H groups in total. The highest BCUT2D eigenvalue weighted by Crippen LogP contribution is 2.21. The van der Waals surface area contributed by atoms with Gasteiger partial charge in [0.15, 0.2) is 5.69 Å². The van der Waals surface area contributed by atoms with Crippen LogP contribution in [-0.4, -0.2) is 36.4 Å². The van der Waals surface area contributed by atoms with E-state index in [4.69, 9.17) is 0 Å². The van der Waals surface area contributed by atoms with Crippen molar-refractivity contribution in [3.63, 3.8) is 0 Å². The van der Waals surface area contributed by atoms with Gasteiger partial charge in [0.25, 0.3) is 11.8 Å². The van der Waals surface area contributed by atoms with E-state index in [9.17, 15) is 14.7 Å². The topological polar surface area (TPSA) is 122 Å². The van der Waals surface area contributed by atoms with Crippen LogP contribution in [0.5, 0.6) is 5.75 Å². The average Bonchev–Trinajstić information content (AvgIpc) is 3.22. The standard InChI is InChI=1S/C23H22N6O3/c1-14(2)29-13-27-20-16(5-3-6-17(20)29)22(31)26-12-15-8-10-24-19(11-15)28-23(32)21-18(30)7-4-9-25-21/h3-11,13-14,30H,12H2,1-2H3,(H,26,31)(H,24,28,32). The van der Waals surface area contributed by atoms with E-state index in [-0.39, 0.29) is 35.8 Å². The second kappa shape index (κ2) is 8.84. The Kier molecular flexibility index (Phi) is 5.80. The number of carbonyl (C=O) groups excluding carboxylic acids is 2. The molecular weight excluding hydrogens is 408 g/mol. The Morgan fingerprint density at radius 1 is 1.03 bits per heavy atom. The summed E-state index contributed by atoms with van der Waals surface area (Å²) >= 11 is 0. The summed E-state index contributed by atoms with van der Waals surface area (Å²) < 4.78 is 2.02. The molecule has 32 heavy (non-hydrogen) atoms. The molecule has 0 bridgehead atoms. The minimum atomic E-state index is -0.579. The van der Waals surface area contributed by atoms with Crippen LogP contribution in [0.4, 0.5) is 5.82 Å². The first-order valence-electron chi connectivity index (χ1n) is 10.1. The van der Waals surface area contributed by atoms with Gasteiger partial charge in [-0.25, -0.2) is 15.0 Å². The van der Waals surface area contributed by atoms with Crippen molar-refractivity contribution in [3.05, 3.63) is 78.0 Å². The molecule has 0 fully saturated rings. The van der Waals surface area contributed by atoms with Crippen molar-refractivity contribution in [2.75, 3.05) is 5.32 Å². The number of amides is 2. The smallest absolute Gasteiger partial charge is 0.279 e. The molecule has 0 aliphatic carbocycles. The Balaban J connectivity index is 1.46. The summed E-state index contributed by atoms with van der Waals surface area (Å²) in [6.07, 6.45) is 4.68. The van der Waals surface area contributed by atoms with Crippen LogP contribution in [0.25, 0.3) is 11.0 Å². The zero-order chi connectivity index (χ0) is 22.7. The number of pyridine rings is 2. The van der Waals surface area contributed by atoms with E-state index in [1.54, 1.807) is 24.5 Å². The Hall–Kier alpha value is -4.27. The van der Waals surface area contributed by atoms with Crippen molar-refractivity contribution < 1.29 is 14.7 Å². The highest BCUT2D eigenvalue weighted by atomic mass is 16.3. The van der Waals surface area contributed by atoms with Gasteiger partial charge in [0, 0.05) is 25.0 Å². The maximum absolute atomic E-state index is 12.8. The van der Waals surface area contributed by atoms with Crippen molar-refractivity contribution in [3.8, 4) is 5.75 Å². The monoisotopic (exact) mass is 430 g/mol. The highest BCUT2D eigenvalue weighted by Gasteiger charge is 2.16. The van der Waals surface area contributed by atoms with Crippen LogP contribution >= 0.6 is 0 Å².